The molecule has 0 aromatic heterocycles. The van der Waals surface area contributed by atoms with Gasteiger partial charge in [0.25, 0.3) is 0 Å². The molecular weight excluding hydrogens is 150 g/mol. The second-order valence-electron chi connectivity index (χ2n) is 3.79. The van der Waals surface area contributed by atoms with Crippen LogP contribution in [-0.4, -0.2) is 56.7 Å². The molecule has 3 heteroatoms. The molecule has 0 aromatic rings. The Bertz CT molecular complexity index is 108. The normalized spacial score (nSPS) is 20.2. The molecule has 3 nitrogen and oxygen atoms in total. The van der Waals surface area contributed by atoms with E-state index in [0.717, 1.165) is 6.67 Å². The molecule has 12 heavy (non-hydrogen) atoms. The third-order valence-corrected chi connectivity index (χ3v) is 2.24. The van der Waals surface area contributed by atoms with Crippen LogP contribution in [0.15, 0.2) is 0 Å². The summed E-state index contributed by atoms with van der Waals surface area (Å²) in [5.74, 6) is 0. The van der Waals surface area contributed by atoms with Gasteiger partial charge in [0.2, 0.25) is 0 Å². The van der Waals surface area contributed by atoms with Gasteiger partial charge in [0.15, 0.2) is 0 Å². The Kier molecular flexibility index (Phi) is 4.58. The summed E-state index contributed by atoms with van der Waals surface area (Å²) in [6, 6.07) is 0. The number of nitrogens with one attached hydrogen (secondary N) is 1. The van der Waals surface area contributed by atoms with Gasteiger partial charge in [-0.15, -0.1) is 0 Å². The van der Waals surface area contributed by atoms with E-state index in [0.29, 0.717) is 0 Å². The summed E-state index contributed by atoms with van der Waals surface area (Å²) in [7, 11) is 4.27. The third-order valence-electron chi connectivity index (χ3n) is 2.24. The smallest absolute Gasteiger partial charge is 0.0480 e. The molecule has 1 aliphatic heterocycles. The maximum absolute atomic E-state index is 3.39. The zero-order chi connectivity index (χ0) is 8.81. The minimum Gasteiger partial charge on any atom is -0.309 e. The zero-order valence-electron chi connectivity index (χ0n) is 8.34. The molecule has 1 saturated heterocycles. The lowest BCUT2D eigenvalue weighted by Gasteiger charge is -2.27. The first-order valence-corrected chi connectivity index (χ1v) is 4.87. The fraction of sp³-hybridized carbons (Fsp3) is 1.00. The van der Waals surface area contributed by atoms with Crippen LogP contribution in [0.2, 0.25) is 0 Å². The van der Waals surface area contributed by atoms with Crippen molar-refractivity contribution >= 4 is 0 Å². The molecule has 1 N–H and O–H groups in total. The average Bonchev–Trinajstić information content (AvgIpc) is 2.05. The van der Waals surface area contributed by atoms with Crippen molar-refractivity contribution in [1.29, 1.82) is 0 Å². The van der Waals surface area contributed by atoms with Crippen LogP contribution >= 0.6 is 0 Å². The lowest BCUT2D eigenvalue weighted by molar-refractivity contribution is 0.205. The van der Waals surface area contributed by atoms with Crippen LogP contribution in [-0.2, 0) is 0 Å². The van der Waals surface area contributed by atoms with Crippen LogP contribution < -0.4 is 5.32 Å². The quantitative estimate of drug-likeness (QED) is 0.651. The number of hydrogen-bond donors (Lipinski definition) is 1. The first-order chi connectivity index (χ1) is 5.79. The van der Waals surface area contributed by atoms with E-state index in [1.165, 1.54) is 39.0 Å². The highest BCUT2D eigenvalue weighted by Gasteiger charge is 2.07. The van der Waals surface area contributed by atoms with Crippen molar-refractivity contribution in [3.8, 4) is 0 Å². The fourth-order valence-electron chi connectivity index (χ4n) is 1.55. The highest BCUT2D eigenvalue weighted by molar-refractivity contribution is 4.64. The lowest BCUT2D eigenvalue weighted by atomic mass is 10.3. The Hall–Kier alpha value is -0.120. The maximum Gasteiger partial charge on any atom is 0.0480 e. The maximum atomic E-state index is 3.39. The Labute approximate surface area is 75.7 Å². The van der Waals surface area contributed by atoms with E-state index in [1.807, 2.05) is 0 Å². The predicted molar refractivity (Wildman–Crippen MR) is 52.2 cm³/mol. The highest BCUT2D eigenvalue weighted by Crippen LogP contribution is 1.97. The summed E-state index contributed by atoms with van der Waals surface area (Å²) >= 11 is 0. The summed E-state index contributed by atoms with van der Waals surface area (Å²) < 4.78 is 0. The molecular formula is C9H21N3. The van der Waals surface area contributed by atoms with Gasteiger partial charge in [-0.2, -0.15) is 0 Å². The van der Waals surface area contributed by atoms with Gasteiger partial charge in [0.1, 0.15) is 0 Å². The van der Waals surface area contributed by atoms with Crippen molar-refractivity contribution in [2.75, 3.05) is 46.9 Å². The van der Waals surface area contributed by atoms with Crippen LogP contribution in [0.3, 0.4) is 0 Å². The van der Waals surface area contributed by atoms with E-state index >= 15 is 0 Å². The first-order valence-electron chi connectivity index (χ1n) is 4.87. The summed E-state index contributed by atoms with van der Waals surface area (Å²) in [6.45, 7) is 6.01. The minimum absolute atomic E-state index is 1.09. The second kappa shape index (κ2) is 5.51. The van der Waals surface area contributed by atoms with E-state index in [9.17, 15) is 0 Å². The van der Waals surface area contributed by atoms with Crippen LogP contribution in [0.1, 0.15) is 12.8 Å². The third kappa shape index (κ3) is 4.04. The van der Waals surface area contributed by atoms with Crippen molar-refractivity contribution in [3.63, 3.8) is 0 Å². The van der Waals surface area contributed by atoms with Crippen LogP contribution in [0.5, 0.6) is 0 Å². The van der Waals surface area contributed by atoms with E-state index in [2.05, 4.69) is 29.2 Å². The Morgan fingerprint density at radius 1 is 1.42 bits per heavy atom. The Balaban J connectivity index is 1.98. The second-order valence-corrected chi connectivity index (χ2v) is 3.79. The molecule has 0 spiro atoms. The Morgan fingerprint density at radius 2 is 2.25 bits per heavy atom. The molecule has 0 unspecified atom stereocenters. The standard InChI is InChI=1S/C9H21N3/c1-11(2)6-4-8-12-7-3-5-10-9-12/h10H,3-9H2,1-2H3. The molecule has 0 bridgehead atoms. The fourth-order valence-corrected chi connectivity index (χ4v) is 1.55. The summed E-state index contributed by atoms with van der Waals surface area (Å²) in [4.78, 5) is 4.74. The summed E-state index contributed by atoms with van der Waals surface area (Å²) in [5, 5.41) is 3.39. The van der Waals surface area contributed by atoms with E-state index < -0.39 is 0 Å². The topological polar surface area (TPSA) is 18.5 Å². The van der Waals surface area contributed by atoms with E-state index in [-0.39, 0.29) is 0 Å². The number of rotatable bonds is 4. The van der Waals surface area contributed by atoms with Gasteiger partial charge < -0.3 is 10.2 Å². The molecule has 1 rings (SSSR count). The van der Waals surface area contributed by atoms with Crippen LogP contribution in [0.4, 0.5) is 0 Å². The monoisotopic (exact) mass is 171 g/mol. The van der Waals surface area contributed by atoms with Gasteiger partial charge in [0.05, 0.1) is 0 Å². The summed E-state index contributed by atoms with van der Waals surface area (Å²) in [6.07, 6.45) is 2.59. The molecule has 1 aliphatic rings. The molecule has 0 atom stereocenters. The van der Waals surface area contributed by atoms with Crippen LogP contribution in [0.25, 0.3) is 0 Å². The molecule has 0 aliphatic carbocycles. The zero-order valence-corrected chi connectivity index (χ0v) is 8.34. The largest absolute Gasteiger partial charge is 0.309 e. The molecule has 72 valence electrons. The van der Waals surface area contributed by atoms with Crippen molar-refractivity contribution < 1.29 is 0 Å². The molecule has 0 radical (unpaired) electrons. The predicted octanol–water partition coefficient (Wildman–Crippen LogP) is 0.191. The molecule has 1 heterocycles. The molecule has 0 amide bonds. The van der Waals surface area contributed by atoms with Gasteiger partial charge in [-0.3, -0.25) is 4.90 Å². The molecule has 0 saturated carbocycles. The summed E-state index contributed by atoms with van der Waals surface area (Å²) in [5.41, 5.74) is 0. The SMILES string of the molecule is CN(C)CCCN1CCCNC1. The van der Waals surface area contributed by atoms with Gasteiger partial charge >= 0.3 is 0 Å². The van der Waals surface area contributed by atoms with Crippen molar-refractivity contribution in [2.45, 2.75) is 12.8 Å². The van der Waals surface area contributed by atoms with E-state index in [1.54, 1.807) is 0 Å². The lowest BCUT2D eigenvalue weighted by Crippen LogP contribution is -2.42. The molecule has 1 fully saturated rings. The van der Waals surface area contributed by atoms with Crippen molar-refractivity contribution in [3.05, 3.63) is 0 Å². The van der Waals surface area contributed by atoms with Crippen molar-refractivity contribution in [2.24, 2.45) is 0 Å². The molecule has 0 aromatic carbocycles. The van der Waals surface area contributed by atoms with Crippen molar-refractivity contribution in [1.82, 2.24) is 15.1 Å². The van der Waals surface area contributed by atoms with Gasteiger partial charge in [-0.25, -0.2) is 0 Å². The van der Waals surface area contributed by atoms with Gasteiger partial charge in [-0.05, 0) is 40.0 Å². The number of nitrogens with zero attached hydrogens (tertiary/aromatic N) is 2. The highest BCUT2D eigenvalue weighted by atomic mass is 15.2. The van der Waals surface area contributed by atoms with Gasteiger partial charge in [-0.1, -0.05) is 0 Å². The number of hydrogen-bond acceptors (Lipinski definition) is 3. The average molecular weight is 171 g/mol. The minimum atomic E-state index is 1.09. The Morgan fingerprint density at radius 3 is 2.83 bits per heavy atom. The van der Waals surface area contributed by atoms with E-state index in [4.69, 9.17) is 0 Å². The van der Waals surface area contributed by atoms with Crippen LogP contribution in [0, 0.1) is 0 Å². The first kappa shape index (κ1) is 9.96. The van der Waals surface area contributed by atoms with Gasteiger partial charge in [0, 0.05) is 19.8 Å².